The number of benzene rings is 1. The van der Waals surface area contributed by atoms with Gasteiger partial charge in [0.15, 0.2) is 0 Å². The molecular formula is C11H14ClNS. The lowest BCUT2D eigenvalue weighted by Gasteiger charge is -2.13. The molecule has 0 aliphatic carbocycles. The highest BCUT2D eigenvalue weighted by atomic mass is 35.5. The fourth-order valence-corrected chi connectivity index (χ4v) is 2.96. The molecule has 1 aliphatic heterocycles. The average Bonchev–Trinajstić information content (AvgIpc) is 2.47. The molecule has 76 valence electrons. The van der Waals surface area contributed by atoms with Crippen LogP contribution in [0.15, 0.2) is 24.3 Å². The Balaban J connectivity index is 2.08. The molecule has 0 unspecified atom stereocenters. The third-order valence-corrected chi connectivity index (χ3v) is 4.03. The smallest absolute Gasteiger partial charge is 0.0406 e. The van der Waals surface area contributed by atoms with Crippen molar-refractivity contribution < 1.29 is 0 Å². The Labute approximate surface area is 94.2 Å². The summed E-state index contributed by atoms with van der Waals surface area (Å²) >= 11 is 7.90. The Bertz CT molecular complexity index is 278. The molecule has 0 bridgehead atoms. The molecule has 1 N–H and O–H groups in total. The van der Waals surface area contributed by atoms with E-state index in [0.717, 1.165) is 18.1 Å². The van der Waals surface area contributed by atoms with Crippen LogP contribution in [0.5, 0.6) is 0 Å². The molecule has 2 rings (SSSR count). The van der Waals surface area contributed by atoms with Crippen LogP contribution in [0, 0.1) is 0 Å². The van der Waals surface area contributed by atoms with E-state index in [4.69, 9.17) is 11.6 Å². The minimum Gasteiger partial charge on any atom is -0.316 e. The minimum atomic E-state index is 0.641. The lowest BCUT2D eigenvalue weighted by Crippen LogP contribution is -2.15. The van der Waals surface area contributed by atoms with Gasteiger partial charge in [0.2, 0.25) is 0 Å². The first-order chi connectivity index (χ1) is 6.86. The summed E-state index contributed by atoms with van der Waals surface area (Å²) in [5.41, 5.74) is 1.41. The van der Waals surface area contributed by atoms with Gasteiger partial charge >= 0.3 is 0 Å². The Morgan fingerprint density at radius 3 is 2.79 bits per heavy atom. The third kappa shape index (κ3) is 2.66. The van der Waals surface area contributed by atoms with Gasteiger partial charge in [0.1, 0.15) is 0 Å². The quantitative estimate of drug-likeness (QED) is 0.792. The number of rotatable bonds is 1. The van der Waals surface area contributed by atoms with Gasteiger partial charge < -0.3 is 5.32 Å². The van der Waals surface area contributed by atoms with Crippen molar-refractivity contribution in [1.82, 2.24) is 5.32 Å². The van der Waals surface area contributed by atoms with Crippen LogP contribution < -0.4 is 5.32 Å². The molecule has 1 heterocycles. The van der Waals surface area contributed by atoms with Gasteiger partial charge in [0, 0.05) is 22.6 Å². The van der Waals surface area contributed by atoms with Crippen LogP contribution in [0.2, 0.25) is 5.02 Å². The summed E-state index contributed by atoms with van der Waals surface area (Å²) in [6, 6.07) is 8.25. The molecule has 14 heavy (non-hydrogen) atoms. The number of nitrogens with one attached hydrogen (secondary N) is 1. The Kier molecular flexibility index (Phi) is 3.74. The maximum atomic E-state index is 5.86. The number of hydrogen-bond acceptors (Lipinski definition) is 2. The normalized spacial score (nSPS) is 23.1. The molecule has 0 amide bonds. The number of hydrogen-bond donors (Lipinski definition) is 1. The van der Waals surface area contributed by atoms with Crippen molar-refractivity contribution in [3.05, 3.63) is 34.9 Å². The van der Waals surface area contributed by atoms with E-state index in [1.807, 2.05) is 23.9 Å². The second-order valence-corrected chi connectivity index (χ2v) is 5.20. The molecule has 0 radical (unpaired) electrons. The van der Waals surface area contributed by atoms with Crippen LogP contribution in [0.1, 0.15) is 17.2 Å². The topological polar surface area (TPSA) is 12.0 Å². The molecule has 1 saturated heterocycles. The van der Waals surface area contributed by atoms with Crippen LogP contribution >= 0.6 is 23.4 Å². The fraction of sp³-hybridized carbons (Fsp3) is 0.455. The zero-order valence-electron chi connectivity index (χ0n) is 8.00. The first kappa shape index (κ1) is 10.3. The van der Waals surface area contributed by atoms with Gasteiger partial charge in [0.05, 0.1) is 0 Å². The predicted molar refractivity (Wildman–Crippen MR) is 64.1 cm³/mol. The molecule has 0 spiro atoms. The van der Waals surface area contributed by atoms with Crippen LogP contribution in [0.25, 0.3) is 0 Å². The Morgan fingerprint density at radius 1 is 1.21 bits per heavy atom. The lowest BCUT2D eigenvalue weighted by molar-refractivity contribution is 0.687. The van der Waals surface area contributed by atoms with E-state index in [2.05, 4.69) is 17.4 Å². The first-order valence-corrected chi connectivity index (χ1v) is 6.37. The van der Waals surface area contributed by atoms with Crippen LogP contribution in [0.4, 0.5) is 0 Å². The summed E-state index contributed by atoms with van der Waals surface area (Å²) in [6.45, 7) is 2.26. The van der Waals surface area contributed by atoms with Gasteiger partial charge in [0.25, 0.3) is 0 Å². The summed E-state index contributed by atoms with van der Waals surface area (Å²) < 4.78 is 0. The molecule has 1 fully saturated rings. The largest absolute Gasteiger partial charge is 0.316 e. The second-order valence-electron chi connectivity index (χ2n) is 3.45. The van der Waals surface area contributed by atoms with E-state index in [9.17, 15) is 0 Å². The van der Waals surface area contributed by atoms with E-state index in [-0.39, 0.29) is 0 Å². The summed E-state index contributed by atoms with van der Waals surface area (Å²) in [5, 5.41) is 4.88. The molecule has 1 atom stereocenters. The van der Waals surface area contributed by atoms with Gasteiger partial charge in [-0.25, -0.2) is 0 Å². The zero-order chi connectivity index (χ0) is 9.80. The van der Waals surface area contributed by atoms with Crippen molar-refractivity contribution in [1.29, 1.82) is 0 Å². The van der Waals surface area contributed by atoms with E-state index in [1.54, 1.807) is 0 Å². The van der Waals surface area contributed by atoms with Crippen molar-refractivity contribution in [3.63, 3.8) is 0 Å². The van der Waals surface area contributed by atoms with Gasteiger partial charge in [-0.1, -0.05) is 23.7 Å². The van der Waals surface area contributed by atoms with Crippen LogP contribution in [0.3, 0.4) is 0 Å². The van der Waals surface area contributed by atoms with Crippen molar-refractivity contribution in [2.24, 2.45) is 0 Å². The standard InChI is InChI=1S/C11H14ClNS/c12-10-3-1-9(2-4-10)11-5-6-13-7-8-14-11/h1-4,11,13H,5-8H2/t11-/m0/s1. The molecule has 0 aromatic heterocycles. The summed E-state index contributed by atoms with van der Waals surface area (Å²) in [4.78, 5) is 0. The molecule has 3 heteroatoms. The zero-order valence-corrected chi connectivity index (χ0v) is 9.57. The molecule has 1 aromatic rings. The van der Waals surface area contributed by atoms with Crippen LogP contribution in [-0.2, 0) is 0 Å². The Morgan fingerprint density at radius 2 is 2.00 bits per heavy atom. The van der Waals surface area contributed by atoms with E-state index in [0.29, 0.717) is 5.25 Å². The third-order valence-electron chi connectivity index (χ3n) is 2.42. The monoisotopic (exact) mass is 227 g/mol. The van der Waals surface area contributed by atoms with Crippen molar-refractivity contribution >= 4 is 23.4 Å². The van der Waals surface area contributed by atoms with Crippen molar-refractivity contribution in [2.45, 2.75) is 11.7 Å². The van der Waals surface area contributed by atoms with Gasteiger partial charge in [-0.2, -0.15) is 11.8 Å². The number of thioether (sulfide) groups is 1. The van der Waals surface area contributed by atoms with Crippen molar-refractivity contribution in [3.8, 4) is 0 Å². The molecular weight excluding hydrogens is 214 g/mol. The highest BCUT2D eigenvalue weighted by Crippen LogP contribution is 2.33. The predicted octanol–water partition coefficient (Wildman–Crippen LogP) is 3.11. The average molecular weight is 228 g/mol. The van der Waals surface area contributed by atoms with Gasteiger partial charge in [-0.15, -0.1) is 0 Å². The lowest BCUT2D eigenvalue weighted by atomic mass is 10.1. The Hall–Kier alpha value is -0.180. The number of halogens is 1. The van der Waals surface area contributed by atoms with E-state index in [1.165, 1.54) is 17.7 Å². The van der Waals surface area contributed by atoms with E-state index < -0.39 is 0 Å². The molecule has 1 aromatic carbocycles. The summed E-state index contributed by atoms with van der Waals surface area (Å²) in [7, 11) is 0. The minimum absolute atomic E-state index is 0.641. The van der Waals surface area contributed by atoms with Crippen LogP contribution in [-0.4, -0.2) is 18.8 Å². The highest BCUT2D eigenvalue weighted by molar-refractivity contribution is 7.99. The maximum absolute atomic E-state index is 5.86. The molecule has 1 nitrogen and oxygen atoms in total. The molecule has 0 saturated carbocycles. The maximum Gasteiger partial charge on any atom is 0.0406 e. The summed E-state index contributed by atoms with van der Waals surface area (Å²) in [5.74, 6) is 1.20. The fourth-order valence-electron chi connectivity index (χ4n) is 1.66. The first-order valence-electron chi connectivity index (χ1n) is 4.94. The highest BCUT2D eigenvalue weighted by Gasteiger charge is 2.13. The van der Waals surface area contributed by atoms with Gasteiger partial charge in [-0.05, 0) is 30.7 Å². The molecule has 1 aliphatic rings. The van der Waals surface area contributed by atoms with Crippen molar-refractivity contribution in [2.75, 3.05) is 18.8 Å². The van der Waals surface area contributed by atoms with E-state index >= 15 is 0 Å². The summed E-state index contributed by atoms with van der Waals surface area (Å²) in [6.07, 6.45) is 1.21. The second kappa shape index (κ2) is 5.06. The van der Waals surface area contributed by atoms with Gasteiger partial charge in [-0.3, -0.25) is 0 Å². The SMILES string of the molecule is Clc1ccc([C@@H]2CCNCCS2)cc1.